The molecule has 0 aliphatic carbocycles. The molecule has 0 N–H and O–H groups in total. The molecule has 1 heterocycles. The first-order chi connectivity index (χ1) is 14.3. The number of rotatable bonds is 6. The normalized spacial score (nSPS) is 11.4. The number of hydrogen-bond donors (Lipinski definition) is 0. The molecule has 3 aromatic carbocycles. The molecule has 3 heteroatoms. The van der Waals surface area contributed by atoms with Gasteiger partial charge in [0.2, 0.25) is 0 Å². The molecule has 0 spiro atoms. The van der Waals surface area contributed by atoms with Crippen molar-refractivity contribution in [3.8, 4) is 0 Å². The van der Waals surface area contributed by atoms with Gasteiger partial charge in [-0.05, 0) is 22.3 Å². The average Bonchev–Trinajstić information content (AvgIpc) is 3.28. The van der Waals surface area contributed by atoms with Gasteiger partial charge in [0.05, 0.1) is 11.7 Å². The highest BCUT2D eigenvalue weighted by atomic mass is 32.1. The lowest BCUT2D eigenvalue weighted by atomic mass is 10.0. The van der Waals surface area contributed by atoms with E-state index in [9.17, 15) is 0 Å². The molecule has 4 rings (SSSR count). The molecule has 1 aromatic heterocycles. The van der Waals surface area contributed by atoms with Crippen molar-refractivity contribution in [1.29, 1.82) is 0 Å². The largest absolute Gasteiger partial charge is 0.172 e. The zero-order valence-electron chi connectivity index (χ0n) is 16.0. The molecule has 0 bridgehead atoms. The average molecular weight is 393 g/mol. The van der Waals surface area contributed by atoms with Crippen molar-refractivity contribution in [2.24, 2.45) is 0 Å². The van der Waals surface area contributed by atoms with Crippen molar-refractivity contribution in [2.75, 3.05) is 0 Å². The quantitative estimate of drug-likeness (QED) is 0.321. The van der Waals surface area contributed by atoms with Gasteiger partial charge in [0.25, 0.3) is 0 Å². The molecule has 0 atom stereocenters. The molecule has 0 saturated heterocycles. The van der Waals surface area contributed by atoms with Crippen LogP contribution < -0.4 is 0 Å². The van der Waals surface area contributed by atoms with Gasteiger partial charge in [-0.15, -0.1) is 0 Å². The van der Waals surface area contributed by atoms with Crippen LogP contribution in [0.4, 0.5) is 0 Å². The molecule has 0 aliphatic heterocycles. The number of nitrogens with zero attached hydrogens (tertiary/aromatic N) is 2. The standard InChI is InChI=1S/C26H20N2S/c1-3-19-5-9-21(10-6-19)13-15-23-17-18-24(26-25(23)27-29-28-26)16-14-22-11-7-20(4-2)8-12-22/h3-18H,1-2H2. The minimum absolute atomic E-state index is 0.929. The van der Waals surface area contributed by atoms with Crippen LogP contribution in [0.1, 0.15) is 33.4 Å². The van der Waals surface area contributed by atoms with Crippen molar-refractivity contribution in [1.82, 2.24) is 8.75 Å². The summed E-state index contributed by atoms with van der Waals surface area (Å²) in [5, 5.41) is 0. The van der Waals surface area contributed by atoms with Crippen LogP contribution in [0.25, 0.3) is 47.5 Å². The summed E-state index contributed by atoms with van der Waals surface area (Å²) in [4.78, 5) is 0. The Morgan fingerprint density at radius 2 is 0.897 bits per heavy atom. The highest BCUT2D eigenvalue weighted by Crippen LogP contribution is 2.25. The maximum atomic E-state index is 4.52. The lowest BCUT2D eigenvalue weighted by Crippen LogP contribution is -1.82. The van der Waals surface area contributed by atoms with Gasteiger partial charge in [-0.2, -0.15) is 8.75 Å². The Morgan fingerprint density at radius 3 is 1.28 bits per heavy atom. The van der Waals surface area contributed by atoms with Crippen LogP contribution in [-0.2, 0) is 0 Å². The molecule has 140 valence electrons. The highest BCUT2D eigenvalue weighted by molar-refractivity contribution is 7.00. The number of aromatic nitrogens is 2. The third-order valence-corrected chi connectivity index (χ3v) is 5.26. The topological polar surface area (TPSA) is 25.8 Å². The van der Waals surface area contributed by atoms with E-state index < -0.39 is 0 Å². The predicted molar refractivity (Wildman–Crippen MR) is 128 cm³/mol. The SMILES string of the molecule is C=Cc1ccc(C=Cc2ccc(C=Cc3ccc(C=C)cc3)c3nsnc23)cc1. The van der Waals surface area contributed by atoms with Gasteiger partial charge >= 0.3 is 0 Å². The van der Waals surface area contributed by atoms with Gasteiger partial charge in [0.15, 0.2) is 0 Å². The fraction of sp³-hybridized carbons (Fsp3) is 0. The van der Waals surface area contributed by atoms with E-state index in [0.717, 1.165) is 44.4 Å². The Hall–Kier alpha value is -3.56. The Labute approximate surface area is 175 Å². The summed E-state index contributed by atoms with van der Waals surface area (Å²) in [5.41, 5.74) is 8.49. The van der Waals surface area contributed by atoms with E-state index in [2.05, 4.69) is 107 Å². The Balaban J connectivity index is 1.60. The molecular formula is C26H20N2S. The summed E-state index contributed by atoms with van der Waals surface area (Å²) in [6.07, 6.45) is 12.1. The van der Waals surface area contributed by atoms with Crippen molar-refractivity contribution < 1.29 is 0 Å². The van der Waals surface area contributed by atoms with Crippen LogP contribution in [0.2, 0.25) is 0 Å². The van der Waals surface area contributed by atoms with E-state index in [-0.39, 0.29) is 0 Å². The molecule has 0 saturated carbocycles. The smallest absolute Gasteiger partial charge is 0.112 e. The second-order valence-corrected chi connectivity index (χ2v) is 7.14. The lowest BCUT2D eigenvalue weighted by Gasteiger charge is -2.01. The fourth-order valence-electron chi connectivity index (χ4n) is 3.03. The Kier molecular flexibility index (Phi) is 5.59. The summed E-state index contributed by atoms with van der Waals surface area (Å²) in [5.74, 6) is 0. The fourth-order valence-corrected chi connectivity index (χ4v) is 3.62. The molecule has 0 unspecified atom stereocenters. The first kappa shape index (κ1) is 18.8. The van der Waals surface area contributed by atoms with Gasteiger partial charge in [-0.25, -0.2) is 0 Å². The van der Waals surface area contributed by atoms with E-state index in [1.54, 1.807) is 0 Å². The summed E-state index contributed by atoms with van der Waals surface area (Å²) in [7, 11) is 0. The summed E-state index contributed by atoms with van der Waals surface area (Å²) in [6, 6.07) is 20.8. The molecule has 0 aliphatic rings. The molecule has 4 aromatic rings. The van der Waals surface area contributed by atoms with Crippen LogP contribution in [0.3, 0.4) is 0 Å². The van der Waals surface area contributed by atoms with E-state index in [1.165, 1.54) is 11.7 Å². The second kappa shape index (κ2) is 8.63. The first-order valence-electron chi connectivity index (χ1n) is 9.33. The minimum Gasteiger partial charge on any atom is -0.172 e. The molecular weight excluding hydrogens is 372 g/mol. The van der Waals surface area contributed by atoms with Crippen molar-refractivity contribution in [2.45, 2.75) is 0 Å². The van der Waals surface area contributed by atoms with E-state index >= 15 is 0 Å². The third kappa shape index (κ3) is 4.31. The van der Waals surface area contributed by atoms with Crippen molar-refractivity contribution in [3.05, 3.63) is 107 Å². The summed E-state index contributed by atoms with van der Waals surface area (Å²) < 4.78 is 9.04. The van der Waals surface area contributed by atoms with Crippen molar-refractivity contribution >= 4 is 59.2 Å². The monoisotopic (exact) mass is 392 g/mol. The molecule has 0 radical (unpaired) electrons. The summed E-state index contributed by atoms with van der Waals surface area (Å²) in [6.45, 7) is 7.58. The van der Waals surface area contributed by atoms with Crippen LogP contribution in [0.15, 0.2) is 73.8 Å². The zero-order valence-corrected chi connectivity index (χ0v) is 16.8. The second-order valence-electron chi connectivity index (χ2n) is 6.61. The van der Waals surface area contributed by atoms with Gasteiger partial charge in [0.1, 0.15) is 11.0 Å². The number of hydrogen-bond acceptors (Lipinski definition) is 3. The van der Waals surface area contributed by atoms with Gasteiger partial charge in [-0.1, -0.05) is 110 Å². The lowest BCUT2D eigenvalue weighted by molar-refractivity contribution is 1.59. The van der Waals surface area contributed by atoms with Crippen LogP contribution in [0, 0.1) is 0 Å². The predicted octanol–water partition coefficient (Wildman–Crippen LogP) is 7.32. The van der Waals surface area contributed by atoms with E-state index in [1.807, 2.05) is 12.2 Å². The van der Waals surface area contributed by atoms with Crippen LogP contribution in [0.5, 0.6) is 0 Å². The van der Waals surface area contributed by atoms with Gasteiger partial charge in [-0.3, -0.25) is 0 Å². The molecule has 29 heavy (non-hydrogen) atoms. The van der Waals surface area contributed by atoms with Gasteiger partial charge < -0.3 is 0 Å². The van der Waals surface area contributed by atoms with Crippen LogP contribution >= 0.6 is 11.7 Å². The number of benzene rings is 3. The maximum Gasteiger partial charge on any atom is 0.112 e. The van der Waals surface area contributed by atoms with E-state index in [0.29, 0.717) is 0 Å². The van der Waals surface area contributed by atoms with E-state index in [4.69, 9.17) is 0 Å². The Morgan fingerprint density at radius 1 is 0.517 bits per heavy atom. The highest BCUT2D eigenvalue weighted by Gasteiger charge is 2.07. The first-order valence-corrected chi connectivity index (χ1v) is 10.1. The Bertz CT molecular complexity index is 1110. The van der Waals surface area contributed by atoms with Crippen molar-refractivity contribution in [3.63, 3.8) is 0 Å². The minimum atomic E-state index is 0.929. The zero-order chi connectivity index (χ0) is 20.1. The van der Waals surface area contributed by atoms with Gasteiger partial charge in [0, 0.05) is 11.1 Å². The maximum absolute atomic E-state index is 4.52. The molecule has 0 fully saturated rings. The summed E-state index contributed by atoms with van der Waals surface area (Å²) >= 11 is 1.24. The molecule has 2 nitrogen and oxygen atoms in total. The third-order valence-electron chi connectivity index (χ3n) is 4.73. The number of fused-ring (bicyclic) bond motifs is 1. The van der Waals surface area contributed by atoms with Crippen LogP contribution in [-0.4, -0.2) is 8.75 Å². The molecule has 0 amide bonds.